The molecule has 0 amide bonds. The number of hydrogen-bond acceptors (Lipinski definition) is 0. The lowest BCUT2D eigenvalue weighted by molar-refractivity contribution is -0.205. The van der Waals surface area contributed by atoms with Crippen LogP contribution in [0.4, 0.5) is 0 Å². The Morgan fingerprint density at radius 2 is 2.10 bits per heavy atom. The first-order valence-electron chi connectivity index (χ1n) is 4.83. The molecule has 0 aliphatic heterocycles. The van der Waals surface area contributed by atoms with Crippen molar-refractivity contribution in [3.63, 3.8) is 0 Å². The van der Waals surface area contributed by atoms with Crippen molar-refractivity contribution < 1.29 is 0 Å². The topological polar surface area (TPSA) is 0 Å². The van der Waals surface area contributed by atoms with E-state index in [0.29, 0.717) is 0 Å². The van der Waals surface area contributed by atoms with Gasteiger partial charge in [0, 0.05) is 0 Å². The maximum Gasteiger partial charge on any atom is -0.0238 e. The van der Waals surface area contributed by atoms with Gasteiger partial charge in [-0.25, -0.2) is 0 Å². The van der Waals surface area contributed by atoms with Crippen LogP contribution >= 0.6 is 0 Å². The molecule has 4 saturated carbocycles. The average molecular weight is 136 g/mol. The quantitative estimate of drug-likeness (QED) is 0.480. The Hall–Kier alpha value is 0. The maximum atomic E-state index is 2.49. The molecule has 0 aromatic heterocycles. The highest BCUT2D eigenvalue weighted by molar-refractivity contribution is 5.13. The van der Waals surface area contributed by atoms with Crippen LogP contribution in [-0.4, -0.2) is 0 Å². The van der Waals surface area contributed by atoms with Gasteiger partial charge in [-0.3, -0.25) is 0 Å². The van der Waals surface area contributed by atoms with Gasteiger partial charge in [-0.05, 0) is 55.3 Å². The van der Waals surface area contributed by atoms with E-state index < -0.39 is 0 Å². The summed E-state index contributed by atoms with van der Waals surface area (Å²) in [7, 11) is 0. The Kier molecular flexibility index (Phi) is 0.810. The minimum absolute atomic E-state index is 0.920. The van der Waals surface area contributed by atoms with Gasteiger partial charge in [-0.2, -0.15) is 0 Å². The molecule has 0 nitrogen and oxygen atoms in total. The number of rotatable bonds is 0. The summed E-state index contributed by atoms with van der Waals surface area (Å²) < 4.78 is 0. The van der Waals surface area contributed by atoms with Gasteiger partial charge >= 0.3 is 0 Å². The molecule has 56 valence electrons. The van der Waals surface area contributed by atoms with E-state index in [9.17, 15) is 0 Å². The van der Waals surface area contributed by atoms with Crippen molar-refractivity contribution in [1.29, 1.82) is 0 Å². The van der Waals surface area contributed by atoms with Crippen LogP contribution in [0, 0.1) is 23.2 Å². The van der Waals surface area contributed by atoms with Gasteiger partial charge in [0.2, 0.25) is 0 Å². The van der Waals surface area contributed by atoms with E-state index in [4.69, 9.17) is 0 Å². The zero-order valence-corrected chi connectivity index (χ0v) is 6.77. The number of fused-ring (bicyclic) bond motifs is 2. The third kappa shape index (κ3) is 0.383. The van der Waals surface area contributed by atoms with Crippen molar-refractivity contribution in [2.45, 2.75) is 39.0 Å². The molecule has 4 aliphatic carbocycles. The normalized spacial score (nSPS) is 63.9. The molecule has 0 aromatic carbocycles. The maximum absolute atomic E-state index is 2.49. The molecule has 10 heavy (non-hydrogen) atoms. The molecule has 3 unspecified atom stereocenters. The lowest BCUT2D eigenvalue weighted by Gasteiger charge is -2.70. The van der Waals surface area contributed by atoms with Gasteiger partial charge in [0.1, 0.15) is 0 Å². The van der Waals surface area contributed by atoms with Crippen molar-refractivity contribution in [2.75, 3.05) is 0 Å². The standard InChI is InChI=1S/C10H16/c1-7-2-3-8-6-10(7)5-4-9(8)10/h7-9H,2-6H2,1H3/t7-,8?,9?,10?/m1/s1. The molecule has 0 radical (unpaired) electrons. The van der Waals surface area contributed by atoms with E-state index in [1.807, 2.05) is 0 Å². The Balaban J connectivity index is 1.93. The first-order valence-corrected chi connectivity index (χ1v) is 4.83. The predicted molar refractivity (Wildman–Crippen MR) is 41.7 cm³/mol. The highest BCUT2D eigenvalue weighted by Gasteiger charge is 2.63. The highest BCUT2D eigenvalue weighted by Crippen LogP contribution is 2.72. The van der Waals surface area contributed by atoms with Crippen LogP contribution in [-0.2, 0) is 0 Å². The Bertz CT molecular complexity index is 169. The molecule has 1 spiro atoms. The van der Waals surface area contributed by atoms with Crippen LogP contribution in [0.2, 0.25) is 0 Å². The summed E-state index contributed by atoms with van der Waals surface area (Å²) in [6.45, 7) is 2.49. The van der Waals surface area contributed by atoms with Crippen molar-refractivity contribution in [2.24, 2.45) is 23.2 Å². The molecule has 4 atom stereocenters. The van der Waals surface area contributed by atoms with Crippen LogP contribution < -0.4 is 0 Å². The molecule has 4 aliphatic rings. The minimum atomic E-state index is 0.920. The summed E-state index contributed by atoms with van der Waals surface area (Å²) in [6, 6.07) is 0. The summed E-state index contributed by atoms with van der Waals surface area (Å²) in [5, 5.41) is 0. The van der Waals surface area contributed by atoms with Gasteiger partial charge in [0.05, 0.1) is 0 Å². The predicted octanol–water partition coefficient (Wildman–Crippen LogP) is 2.83. The third-order valence-electron chi connectivity index (χ3n) is 4.82. The van der Waals surface area contributed by atoms with E-state index in [-0.39, 0.29) is 0 Å². The fraction of sp³-hybridized carbons (Fsp3) is 1.00. The second-order valence-corrected chi connectivity index (χ2v) is 4.82. The molecular formula is C10H16. The van der Waals surface area contributed by atoms with Crippen LogP contribution in [0.3, 0.4) is 0 Å². The smallest absolute Gasteiger partial charge is 0.0238 e. The largest absolute Gasteiger partial charge is 0.0620 e. The Labute approximate surface area is 63.0 Å². The fourth-order valence-corrected chi connectivity index (χ4v) is 3.98. The minimum Gasteiger partial charge on any atom is -0.0620 e. The highest BCUT2D eigenvalue weighted by atomic mass is 14.7. The van der Waals surface area contributed by atoms with Crippen LogP contribution in [0.5, 0.6) is 0 Å². The molecular weight excluding hydrogens is 120 g/mol. The summed E-state index contributed by atoms with van der Waals surface area (Å²) in [4.78, 5) is 0. The second-order valence-electron chi connectivity index (χ2n) is 4.82. The van der Waals surface area contributed by atoms with Gasteiger partial charge in [0.25, 0.3) is 0 Å². The first kappa shape index (κ1) is 5.62. The summed E-state index contributed by atoms with van der Waals surface area (Å²) in [5.41, 5.74) is 0.920. The van der Waals surface area contributed by atoms with Crippen LogP contribution in [0.25, 0.3) is 0 Å². The molecule has 0 N–H and O–H groups in total. The fourth-order valence-electron chi connectivity index (χ4n) is 3.98. The zero-order chi connectivity index (χ0) is 6.77. The van der Waals surface area contributed by atoms with E-state index in [2.05, 4.69) is 6.92 Å². The summed E-state index contributed by atoms with van der Waals surface area (Å²) in [5.74, 6) is 3.47. The number of hydrogen-bond donors (Lipinski definition) is 0. The monoisotopic (exact) mass is 136 g/mol. The zero-order valence-electron chi connectivity index (χ0n) is 6.77. The van der Waals surface area contributed by atoms with Gasteiger partial charge in [-0.15, -0.1) is 0 Å². The van der Waals surface area contributed by atoms with Crippen molar-refractivity contribution >= 4 is 0 Å². The summed E-state index contributed by atoms with van der Waals surface area (Å²) >= 11 is 0. The molecule has 4 fully saturated rings. The van der Waals surface area contributed by atoms with Crippen LogP contribution in [0.1, 0.15) is 39.0 Å². The average Bonchev–Trinajstić information content (AvgIpc) is 1.90. The molecule has 4 rings (SSSR count). The molecule has 2 bridgehead atoms. The van der Waals surface area contributed by atoms with Gasteiger partial charge in [-0.1, -0.05) is 6.92 Å². The molecule has 0 heterocycles. The van der Waals surface area contributed by atoms with Gasteiger partial charge < -0.3 is 0 Å². The van der Waals surface area contributed by atoms with E-state index in [1.54, 1.807) is 32.1 Å². The Morgan fingerprint density at radius 1 is 1.20 bits per heavy atom. The van der Waals surface area contributed by atoms with E-state index in [0.717, 1.165) is 11.3 Å². The van der Waals surface area contributed by atoms with E-state index in [1.165, 1.54) is 11.8 Å². The summed E-state index contributed by atoms with van der Waals surface area (Å²) in [6.07, 6.45) is 7.87. The molecule has 0 heteroatoms. The second kappa shape index (κ2) is 1.44. The van der Waals surface area contributed by atoms with E-state index >= 15 is 0 Å². The van der Waals surface area contributed by atoms with Crippen molar-refractivity contribution in [3.8, 4) is 0 Å². The molecule has 0 aromatic rings. The van der Waals surface area contributed by atoms with Gasteiger partial charge in [0.15, 0.2) is 0 Å². The third-order valence-corrected chi connectivity index (χ3v) is 4.82. The first-order chi connectivity index (χ1) is 4.83. The SMILES string of the molecule is C[C@@H]1CCC2CC13CCC23. The van der Waals surface area contributed by atoms with Crippen molar-refractivity contribution in [1.82, 2.24) is 0 Å². The molecule has 0 saturated heterocycles. The lowest BCUT2D eigenvalue weighted by Crippen LogP contribution is -2.61. The van der Waals surface area contributed by atoms with Crippen molar-refractivity contribution in [3.05, 3.63) is 0 Å². The van der Waals surface area contributed by atoms with Crippen LogP contribution in [0.15, 0.2) is 0 Å². The lowest BCUT2D eigenvalue weighted by atomic mass is 9.35. The Morgan fingerprint density at radius 3 is 2.50 bits per heavy atom.